The van der Waals surface area contributed by atoms with Crippen molar-refractivity contribution < 1.29 is 23.9 Å². The topological polar surface area (TPSA) is 126 Å². The SMILES string of the molecule is CC(C)[C@@H]1COc2ccccc2C(=O)N[C@H](C(=O)NCCc2ccccc2)CCC(=O)NC2(CCCC2)C(=O)N1. The number of carbonyl (C=O) groups excluding carboxylic acids is 4. The van der Waals surface area contributed by atoms with Crippen molar-refractivity contribution >= 4 is 23.6 Å². The van der Waals surface area contributed by atoms with Gasteiger partial charge in [-0.05, 0) is 49.3 Å². The number of nitrogens with one attached hydrogen (secondary N) is 4. The second-order valence-electron chi connectivity index (χ2n) is 11.1. The Morgan fingerprint density at radius 2 is 1.70 bits per heavy atom. The minimum atomic E-state index is -0.987. The smallest absolute Gasteiger partial charge is 0.255 e. The fraction of sp³-hybridized carbons (Fsp3) is 0.484. The van der Waals surface area contributed by atoms with Crippen molar-refractivity contribution in [3.63, 3.8) is 0 Å². The number of para-hydroxylation sites is 1. The Morgan fingerprint density at radius 3 is 2.42 bits per heavy atom. The maximum absolute atomic E-state index is 13.5. The first kappa shape index (κ1) is 29.1. The van der Waals surface area contributed by atoms with Crippen LogP contribution in [0.2, 0.25) is 0 Å². The summed E-state index contributed by atoms with van der Waals surface area (Å²) in [6.07, 6.45) is 3.50. The highest BCUT2D eigenvalue weighted by molar-refractivity contribution is 6.00. The van der Waals surface area contributed by atoms with Crippen molar-refractivity contribution in [2.75, 3.05) is 13.2 Å². The van der Waals surface area contributed by atoms with Crippen LogP contribution >= 0.6 is 0 Å². The maximum atomic E-state index is 13.5. The van der Waals surface area contributed by atoms with Gasteiger partial charge in [0.25, 0.3) is 5.91 Å². The number of hydrogen-bond acceptors (Lipinski definition) is 5. The molecule has 9 nitrogen and oxygen atoms in total. The summed E-state index contributed by atoms with van der Waals surface area (Å²) in [5.74, 6) is -0.949. The molecule has 4 N–H and O–H groups in total. The van der Waals surface area contributed by atoms with E-state index in [9.17, 15) is 19.2 Å². The van der Waals surface area contributed by atoms with E-state index in [2.05, 4.69) is 21.3 Å². The van der Waals surface area contributed by atoms with Crippen LogP contribution in [-0.4, -0.2) is 54.4 Å². The zero-order chi connectivity index (χ0) is 28.5. The molecule has 214 valence electrons. The van der Waals surface area contributed by atoms with Crippen molar-refractivity contribution in [1.29, 1.82) is 0 Å². The quantitative estimate of drug-likeness (QED) is 0.457. The lowest BCUT2D eigenvalue weighted by Crippen LogP contribution is -2.60. The summed E-state index contributed by atoms with van der Waals surface area (Å²) in [7, 11) is 0. The summed E-state index contributed by atoms with van der Waals surface area (Å²) in [4.78, 5) is 53.2. The number of fused-ring (bicyclic) bond motifs is 1. The van der Waals surface area contributed by atoms with Gasteiger partial charge in [0.2, 0.25) is 17.7 Å². The van der Waals surface area contributed by atoms with Crippen LogP contribution in [0.4, 0.5) is 0 Å². The third-order valence-electron chi connectivity index (χ3n) is 7.78. The average Bonchev–Trinajstić information content (AvgIpc) is 3.42. The van der Waals surface area contributed by atoms with Crippen LogP contribution in [0.3, 0.4) is 0 Å². The van der Waals surface area contributed by atoms with E-state index in [0.29, 0.717) is 31.6 Å². The predicted molar refractivity (Wildman–Crippen MR) is 152 cm³/mol. The molecule has 4 rings (SSSR count). The zero-order valence-electron chi connectivity index (χ0n) is 23.3. The molecule has 1 heterocycles. The molecule has 1 aliphatic carbocycles. The van der Waals surface area contributed by atoms with E-state index in [1.807, 2.05) is 44.2 Å². The first-order chi connectivity index (χ1) is 19.3. The fourth-order valence-corrected chi connectivity index (χ4v) is 5.26. The number of carbonyl (C=O) groups is 4. The van der Waals surface area contributed by atoms with Gasteiger partial charge in [0, 0.05) is 13.0 Å². The number of ether oxygens (including phenoxy) is 1. The monoisotopic (exact) mass is 548 g/mol. The number of benzene rings is 2. The van der Waals surface area contributed by atoms with Gasteiger partial charge in [-0.3, -0.25) is 19.2 Å². The van der Waals surface area contributed by atoms with E-state index in [1.54, 1.807) is 24.3 Å². The molecule has 0 saturated heterocycles. The summed E-state index contributed by atoms with van der Waals surface area (Å²) in [5, 5.41) is 11.8. The third kappa shape index (κ3) is 7.40. The number of hydrogen-bond donors (Lipinski definition) is 4. The summed E-state index contributed by atoms with van der Waals surface area (Å²) < 4.78 is 6.07. The Balaban J connectivity index is 1.56. The van der Waals surface area contributed by atoms with E-state index >= 15 is 0 Å². The molecule has 0 unspecified atom stereocenters. The second kappa shape index (κ2) is 13.5. The lowest BCUT2D eigenvalue weighted by molar-refractivity contribution is -0.134. The highest BCUT2D eigenvalue weighted by Gasteiger charge is 2.43. The largest absolute Gasteiger partial charge is 0.491 e. The second-order valence-corrected chi connectivity index (χ2v) is 11.1. The van der Waals surface area contributed by atoms with Crippen LogP contribution in [-0.2, 0) is 20.8 Å². The first-order valence-corrected chi connectivity index (χ1v) is 14.2. The molecule has 1 spiro atoms. The van der Waals surface area contributed by atoms with Crippen LogP contribution in [0, 0.1) is 5.92 Å². The van der Waals surface area contributed by atoms with Crippen LogP contribution in [0.5, 0.6) is 5.75 Å². The predicted octanol–water partition coefficient (Wildman–Crippen LogP) is 2.89. The summed E-state index contributed by atoms with van der Waals surface area (Å²) in [5.41, 5.74) is 0.378. The summed E-state index contributed by atoms with van der Waals surface area (Å²) in [6.45, 7) is 4.52. The van der Waals surface area contributed by atoms with Crippen molar-refractivity contribution in [2.45, 2.75) is 76.4 Å². The van der Waals surface area contributed by atoms with Crippen molar-refractivity contribution in [1.82, 2.24) is 21.3 Å². The highest BCUT2D eigenvalue weighted by atomic mass is 16.5. The van der Waals surface area contributed by atoms with E-state index in [1.165, 1.54) is 0 Å². The lowest BCUT2D eigenvalue weighted by Gasteiger charge is -2.32. The molecule has 0 radical (unpaired) electrons. The van der Waals surface area contributed by atoms with Crippen molar-refractivity contribution in [3.05, 3.63) is 65.7 Å². The number of amides is 4. The highest BCUT2D eigenvalue weighted by Crippen LogP contribution is 2.31. The molecular weight excluding hydrogens is 508 g/mol. The van der Waals surface area contributed by atoms with E-state index in [-0.39, 0.29) is 54.7 Å². The van der Waals surface area contributed by atoms with Gasteiger partial charge in [0.1, 0.15) is 23.9 Å². The van der Waals surface area contributed by atoms with Gasteiger partial charge >= 0.3 is 0 Å². The molecule has 1 saturated carbocycles. The molecule has 2 aliphatic rings. The van der Waals surface area contributed by atoms with Crippen LogP contribution in [0.25, 0.3) is 0 Å². The van der Waals surface area contributed by atoms with E-state index in [0.717, 1.165) is 18.4 Å². The van der Waals surface area contributed by atoms with Gasteiger partial charge < -0.3 is 26.0 Å². The Morgan fingerprint density at radius 1 is 1.00 bits per heavy atom. The zero-order valence-corrected chi connectivity index (χ0v) is 23.3. The molecule has 1 aliphatic heterocycles. The van der Waals surface area contributed by atoms with Gasteiger partial charge in [-0.2, -0.15) is 0 Å². The molecular formula is C31H40N4O5. The van der Waals surface area contributed by atoms with Crippen LogP contribution in [0.1, 0.15) is 68.3 Å². The Hall–Kier alpha value is -3.88. The van der Waals surface area contributed by atoms with E-state index in [4.69, 9.17) is 4.74 Å². The standard InChI is InChI=1S/C31H40N4O5/c1-21(2)25-20-40-26-13-7-6-12-23(26)28(37)33-24(29(38)32-19-16-22-10-4-3-5-11-22)14-15-27(36)35-31(30(39)34-25)17-8-9-18-31/h3-7,10-13,21,24-25H,8-9,14-20H2,1-2H3,(H,32,38)(H,33,37)(H,34,39)(H,35,36)/t24-,25-/m0/s1. The molecule has 1 fully saturated rings. The molecule has 2 aromatic carbocycles. The van der Waals surface area contributed by atoms with Gasteiger partial charge in [0.15, 0.2) is 0 Å². The minimum absolute atomic E-state index is 0.0160. The molecule has 2 atom stereocenters. The molecule has 0 bridgehead atoms. The fourth-order valence-electron chi connectivity index (χ4n) is 5.26. The van der Waals surface area contributed by atoms with Gasteiger partial charge in [-0.1, -0.05) is 69.2 Å². The molecule has 9 heteroatoms. The number of rotatable bonds is 5. The summed E-state index contributed by atoms with van der Waals surface area (Å²) in [6, 6.07) is 15.3. The molecule has 0 aromatic heterocycles. The Kier molecular flexibility index (Phi) is 9.79. The van der Waals surface area contributed by atoms with Gasteiger partial charge in [0.05, 0.1) is 11.6 Å². The molecule has 40 heavy (non-hydrogen) atoms. The van der Waals surface area contributed by atoms with E-state index < -0.39 is 17.5 Å². The molecule has 2 aromatic rings. The minimum Gasteiger partial charge on any atom is -0.491 e. The maximum Gasteiger partial charge on any atom is 0.255 e. The van der Waals surface area contributed by atoms with Crippen molar-refractivity contribution in [2.24, 2.45) is 5.92 Å². The lowest BCUT2D eigenvalue weighted by atomic mass is 9.94. The third-order valence-corrected chi connectivity index (χ3v) is 7.78. The first-order valence-electron chi connectivity index (χ1n) is 14.2. The average molecular weight is 549 g/mol. The van der Waals surface area contributed by atoms with Crippen LogP contribution in [0.15, 0.2) is 54.6 Å². The van der Waals surface area contributed by atoms with Crippen LogP contribution < -0.4 is 26.0 Å². The van der Waals surface area contributed by atoms with Crippen molar-refractivity contribution in [3.8, 4) is 5.75 Å². The van der Waals surface area contributed by atoms with Gasteiger partial charge in [-0.25, -0.2) is 0 Å². The normalized spacial score (nSPS) is 21.7. The Bertz CT molecular complexity index is 1190. The summed E-state index contributed by atoms with van der Waals surface area (Å²) >= 11 is 0. The van der Waals surface area contributed by atoms with Gasteiger partial charge in [-0.15, -0.1) is 0 Å². The Labute approximate surface area is 235 Å². The molecule has 4 amide bonds.